The number of likely N-dealkylation sites (tertiary alicyclic amines) is 1. The molecule has 5 heteroatoms. The maximum absolute atomic E-state index is 12.8. The Morgan fingerprint density at radius 3 is 3.00 bits per heavy atom. The molecule has 0 bridgehead atoms. The van der Waals surface area contributed by atoms with Gasteiger partial charge >= 0.3 is 0 Å². The first-order chi connectivity index (χ1) is 11.7. The summed E-state index contributed by atoms with van der Waals surface area (Å²) in [6, 6.07) is 6.49. The standard InChI is InChI=1S/C19H23N3O2/c1-2-17-20-19(21-24-17)16-7-4-10-22(16)18(23)12-13-8-9-14-5-3-6-15(14)11-13/h8-9,11,16H,2-7,10,12H2,1H3/t16-/m1/s1. The van der Waals surface area contributed by atoms with Crippen LogP contribution in [0.25, 0.3) is 0 Å². The molecule has 1 saturated heterocycles. The molecular weight excluding hydrogens is 302 g/mol. The van der Waals surface area contributed by atoms with Crippen LogP contribution in [0.2, 0.25) is 0 Å². The maximum Gasteiger partial charge on any atom is 0.227 e. The zero-order chi connectivity index (χ0) is 16.5. The molecule has 1 aromatic carbocycles. The Morgan fingerprint density at radius 2 is 2.17 bits per heavy atom. The van der Waals surface area contributed by atoms with Gasteiger partial charge in [-0.3, -0.25) is 4.79 Å². The number of aromatic nitrogens is 2. The second kappa shape index (κ2) is 6.38. The molecule has 1 fully saturated rings. The number of nitrogens with zero attached hydrogens (tertiary/aromatic N) is 3. The van der Waals surface area contributed by atoms with Crippen LogP contribution in [0.5, 0.6) is 0 Å². The number of hydrogen-bond acceptors (Lipinski definition) is 4. The van der Waals surface area contributed by atoms with E-state index < -0.39 is 0 Å². The molecule has 4 rings (SSSR count). The van der Waals surface area contributed by atoms with Crippen LogP contribution in [0.3, 0.4) is 0 Å². The second-order valence-electron chi connectivity index (χ2n) is 6.78. The molecule has 1 aliphatic heterocycles. The predicted molar refractivity (Wildman–Crippen MR) is 89.5 cm³/mol. The SMILES string of the molecule is CCc1nc([C@H]2CCCN2C(=O)Cc2ccc3c(c2)CCC3)no1. The Kier molecular flexibility index (Phi) is 4.08. The van der Waals surface area contributed by atoms with Crippen LogP contribution < -0.4 is 0 Å². The highest BCUT2D eigenvalue weighted by Gasteiger charge is 2.33. The minimum absolute atomic E-state index is 0.0315. The summed E-state index contributed by atoms with van der Waals surface area (Å²) in [5.74, 6) is 1.47. The monoisotopic (exact) mass is 325 g/mol. The molecule has 0 saturated carbocycles. The van der Waals surface area contributed by atoms with Crippen molar-refractivity contribution in [1.29, 1.82) is 0 Å². The van der Waals surface area contributed by atoms with Gasteiger partial charge in [0.1, 0.15) is 0 Å². The van der Waals surface area contributed by atoms with Crippen LogP contribution in [0.1, 0.15) is 60.6 Å². The lowest BCUT2D eigenvalue weighted by molar-refractivity contribution is -0.131. The van der Waals surface area contributed by atoms with E-state index in [9.17, 15) is 4.79 Å². The second-order valence-corrected chi connectivity index (χ2v) is 6.78. The van der Waals surface area contributed by atoms with Crippen LogP contribution in [0.4, 0.5) is 0 Å². The first-order valence-electron chi connectivity index (χ1n) is 8.97. The van der Waals surface area contributed by atoms with E-state index in [1.54, 1.807) is 0 Å². The number of hydrogen-bond donors (Lipinski definition) is 0. The van der Waals surface area contributed by atoms with Gasteiger partial charge in [0.2, 0.25) is 11.8 Å². The first kappa shape index (κ1) is 15.4. The number of benzene rings is 1. The summed E-state index contributed by atoms with van der Waals surface area (Å²) in [4.78, 5) is 19.2. The molecule has 5 nitrogen and oxygen atoms in total. The fourth-order valence-corrected chi connectivity index (χ4v) is 3.89. The zero-order valence-corrected chi connectivity index (χ0v) is 14.1. The lowest BCUT2D eigenvalue weighted by Gasteiger charge is -2.22. The highest BCUT2D eigenvalue weighted by atomic mass is 16.5. The van der Waals surface area contributed by atoms with Gasteiger partial charge in [0.25, 0.3) is 0 Å². The number of rotatable bonds is 4. The van der Waals surface area contributed by atoms with Crippen molar-refractivity contribution in [2.75, 3.05) is 6.54 Å². The largest absolute Gasteiger partial charge is 0.339 e. The molecular formula is C19H23N3O2. The molecule has 0 spiro atoms. The summed E-state index contributed by atoms with van der Waals surface area (Å²) < 4.78 is 5.22. The fourth-order valence-electron chi connectivity index (χ4n) is 3.89. The number of fused-ring (bicyclic) bond motifs is 1. The average molecular weight is 325 g/mol. The molecule has 0 unspecified atom stereocenters. The van der Waals surface area contributed by atoms with Crippen molar-refractivity contribution in [3.8, 4) is 0 Å². The molecule has 1 aliphatic carbocycles. The van der Waals surface area contributed by atoms with Crippen molar-refractivity contribution in [2.45, 2.75) is 57.9 Å². The van der Waals surface area contributed by atoms with Crippen molar-refractivity contribution >= 4 is 5.91 Å². The van der Waals surface area contributed by atoms with E-state index in [1.807, 2.05) is 11.8 Å². The van der Waals surface area contributed by atoms with E-state index in [-0.39, 0.29) is 11.9 Å². The number of carbonyl (C=O) groups is 1. The van der Waals surface area contributed by atoms with Crippen LogP contribution in [0, 0.1) is 0 Å². The van der Waals surface area contributed by atoms with E-state index in [1.165, 1.54) is 24.0 Å². The van der Waals surface area contributed by atoms with Crippen molar-refractivity contribution in [1.82, 2.24) is 15.0 Å². The molecule has 126 valence electrons. The Morgan fingerprint density at radius 1 is 1.29 bits per heavy atom. The Labute approximate surface area is 142 Å². The van der Waals surface area contributed by atoms with Gasteiger partial charge in [0.15, 0.2) is 5.82 Å². The smallest absolute Gasteiger partial charge is 0.227 e. The van der Waals surface area contributed by atoms with Crippen molar-refractivity contribution in [2.24, 2.45) is 0 Å². The third-order valence-electron chi connectivity index (χ3n) is 5.18. The van der Waals surface area contributed by atoms with Gasteiger partial charge in [-0.05, 0) is 48.8 Å². The normalized spacial score (nSPS) is 19.7. The quantitative estimate of drug-likeness (QED) is 0.867. The summed E-state index contributed by atoms with van der Waals surface area (Å²) in [6.07, 6.45) is 6.65. The van der Waals surface area contributed by atoms with Gasteiger partial charge in [0, 0.05) is 13.0 Å². The van der Waals surface area contributed by atoms with Crippen LogP contribution in [-0.4, -0.2) is 27.5 Å². The Balaban J connectivity index is 1.48. The van der Waals surface area contributed by atoms with E-state index in [0.29, 0.717) is 18.1 Å². The van der Waals surface area contributed by atoms with Crippen molar-refractivity contribution in [3.05, 3.63) is 46.6 Å². The summed E-state index contributed by atoms with van der Waals surface area (Å²) in [5, 5.41) is 4.08. The summed E-state index contributed by atoms with van der Waals surface area (Å²) in [5.41, 5.74) is 3.99. The number of amides is 1. The third-order valence-corrected chi connectivity index (χ3v) is 5.18. The number of aryl methyl sites for hydroxylation is 3. The summed E-state index contributed by atoms with van der Waals surface area (Å²) in [7, 11) is 0. The Bertz CT molecular complexity index is 753. The van der Waals surface area contributed by atoms with Gasteiger partial charge in [-0.2, -0.15) is 4.98 Å². The van der Waals surface area contributed by atoms with Gasteiger partial charge < -0.3 is 9.42 Å². The van der Waals surface area contributed by atoms with Gasteiger partial charge in [-0.15, -0.1) is 0 Å². The van der Waals surface area contributed by atoms with Crippen LogP contribution >= 0.6 is 0 Å². The molecule has 0 radical (unpaired) electrons. The zero-order valence-electron chi connectivity index (χ0n) is 14.1. The molecule has 2 aromatic rings. The molecule has 1 amide bonds. The van der Waals surface area contributed by atoms with Crippen LogP contribution in [-0.2, 0) is 30.5 Å². The van der Waals surface area contributed by atoms with E-state index in [2.05, 4.69) is 28.3 Å². The lowest BCUT2D eigenvalue weighted by Crippen LogP contribution is -2.32. The molecule has 2 aliphatic rings. The lowest BCUT2D eigenvalue weighted by atomic mass is 10.0. The van der Waals surface area contributed by atoms with Gasteiger partial charge in [-0.25, -0.2) is 0 Å². The predicted octanol–water partition coefficient (Wildman–Crippen LogP) is 3.03. The van der Waals surface area contributed by atoms with E-state index in [0.717, 1.165) is 37.8 Å². The maximum atomic E-state index is 12.8. The summed E-state index contributed by atoms with van der Waals surface area (Å²) >= 11 is 0. The first-order valence-corrected chi connectivity index (χ1v) is 8.97. The topological polar surface area (TPSA) is 59.2 Å². The highest BCUT2D eigenvalue weighted by Crippen LogP contribution is 2.31. The van der Waals surface area contributed by atoms with Crippen molar-refractivity contribution < 1.29 is 9.32 Å². The Hall–Kier alpha value is -2.17. The van der Waals surface area contributed by atoms with Gasteiger partial charge in [0.05, 0.1) is 12.5 Å². The summed E-state index contributed by atoms with van der Waals surface area (Å²) in [6.45, 7) is 2.77. The average Bonchev–Trinajstić information content (AvgIpc) is 3.32. The minimum Gasteiger partial charge on any atom is -0.339 e. The highest BCUT2D eigenvalue weighted by molar-refractivity contribution is 5.79. The fraction of sp³-hybridized carbons (Fsp3) is 0.526. The molecule has 24 heavy (non-hydrogen) atoms. The molecule has 1 atom stereocenters. The van der Waals surface area contributed by atoms with Crippen LogP contribution in [0.15, 0.2) is 22.7 Å². The van der Waals surface area contributed by atoms with E-state index in [4.69, 9.17) is 4.52 Å². The number of carbonyl (C=O) groups excluding carboxylic acids is 1. The van der Waals surface area contributed by atoms with E-state index >= 15 is 0 Å². The molecule has 0 N–H and O–H groups in total. The van der Waals surface area contributed by atoms with Gasteiger partial charge in [-0.1, -0.05) is 30.3 Å². The third kappa shape index (κ3) is 2.83. The minimum atomic E-state index is -0.0315. The van der Waals surface area contributed by atoms with Crippen molar-refractivity contribution in [3.63, 3.8) is 0 Å². The molecule has 1 aromatic heterocycles. The molecule has 2 heterocycles.